The van der Waals surface area contributed by atoms with Gasteiger partial charge in [-0.1, -0.05) is 12.1 Å². The number of carbonyl (C=O) groups is 1. The van der Waals surface area contributed by atoms with Crippen LogP contribution in [0.25, 0.3) is 0 Å². The molecule has 0 amide bonds. The maximum Gasteiger partial charge on any atom is 0.337 e. The second kappa shape index (κ2) is 6.98. The van der Waals surface area contributed by atoms with Crippen LogP contribution in [0.3, 0.4) is 0 Å². The number of nitro groups is 1. The number of nitrogens with zero attached hydrogens (tertiary/aromatic N) is 2. The van der Waals surface area contributed by atoms with Gasteiger partial charge in [0.2, 0.25) is 0 Å². The summed E-state index contributed by atoms with van der Waals surface area (Å²) in [6.45, 7) is 0. The van der Waals surface area contributed by atoms with Crippen LogP contribution in [0.5, 0.6) is 0 Å². The molecule has 0 saturated carbocycles. The van der Waals surface area contributed by atoms with E-state index in [0.29, 0.717) is 11.3 Å². The van der Waals surface area contributed by atoms with E-state index in [0.717, 1.165) is 5.56 Å². The molecule has 0 aliphatic rings. The summed E-state index contributed by atoms with van der Waals surface area (Å²) >= 11 is 0. The predicted molar refractivity (Wildman–Crippen MR) is 82.1 cm³/mol. The number of carbonyl (C=O) groups excluding carboxylic acids is 1. The summed E-state index contributed by atoms with van der Waals surface area (Å²) in [6, 6.07) is 12.6. The number of hydrogen-bond donors (Lipinski definition) is 1. The maximum atomic E-state index is 11.3. The smallest absolute Gasteiger partial charge is 0.337 e. The molecule has 0 aliphatic carbocycles. The molecule has 7 heteroatoms. The Morgan fingerprint density at radius 3 is 2.36 bits per heavy atom. The number of hydrogen-bond acceptors (Lipinski definition) is 6. The van der Waals surface area contributed by atoms with Crippen LogP contribution in [0.4, 0.5) is 11.4 Å². The first kappa shape index (κ1) is 15.2. The molecular formula is C15H13N3O4. The molecule has 0 aromatic heterocycles. The van der Waals surface area contributed by atoms with Crippen molar-refractivity contribution in [2.45, 2.75) is 0 Å². The zero-order valence-electron chi connectivity index (χ0n) is 11.7. The predicted octanol–water partition coefficient (Wildman–Crippen LogP) is 2.83. The number of esters is 1. The molecule has 0 unspecified atom stereocenters. The summed E-state index contributed by atoms with van der Waals surface area (Å²) < 4.78 is 4.61. The molecular weight excluding hydrogens is 286 g/mol. The fourth-order valence-corrected chi connectivity index (χ4v) is 1.66. The van der Waals surface area contributed by atoms with Gasteiger partial charge in [-0.2, -0.15) is 5.10 Å². The lowest BCUT2D eigenvalue weighted by Crippen LogP contribution is -2.00. The molecule has 7 nitrogen and oxygen atoms in total. The number of non-ortho nitro benzene ring substituents is 1. The highest BCUT2D eigenvalue weighted by Gasteiger charge is 2.04. The van der Waals surface area contributed by atoms with Crippen LogP contribution in [0, 0.1) is 10.1 Å². The molecule has 0 fully saturated rings. The van der Waals surface area contributed by atoms with Gasteiger partial charge in [0, 0.05) is 12.1 Å². The summed E-state index contributed by atoms with van der Waals surface area (Å²) in [5, 5.41) is 14.6. The highest BCUT2D eigenvalue weighted by Crippen LogP contribution is 2.15. The van der Waals surface area contributed by atoms with Gasteiger partial charge in [-0.25, -0.2) is 4.79 Å². The van der Waals surface area contributed by atoms with Crippen molar-refractivity contribution < 1.29 is 14.5 Å². The Morgan fingerprint density at radius 1 is 1.18 bits per heavy atom. The summed E-state index contributed by atoms with van der Waals surface area (Å²) in [5.74, 6) is -0.396. The first-order valence-corrected chi connectivity index (χ1v) is 6.32. The zero-order valence-corrected chi connectivity index (χ0v) is 11.7. The average molecular weight is 299 g/mol. The van der Waals surface area contributed by atoms with Gasteiger partial charge in [0.25, 0.3) is 5.69 Å². The first-order chi connectivity index (χ1) is 10.6. The fourth-order valence-electron chi connectivity index (χ4n) is 1.66. The van der Waals surface area contributed by atoms with Crippen LogP contribution < -0.4 is 5.43 Å². The topological polar surface area (TPSA) is 93.8 Å². The third-order valence-electron chi connectivity index (χ3n) is 2.82. The van der Waals surface area contributed by atoms with Crippen molar-refractivity contribution >= 4 is 23.6 Å². The highest BCUT2D eigenvalue weighted by atomic mass is 16.6. The molecule has 0 spiro atoms. The Hall–Kier alpha value is -3.22. The van der Waals surface area contributed by atoms with Crippen molar-refractivity contribution in [2.24, 2.45) is 5.10 Å². The van der Waals surface area contributed by atoms with Crippen molar-refractivity contribution in [3.63, 3.8) is 0 Å². The molecule has 0 heterocycles. The van der Waals surface area contributed by atoms with E-state index in [1.54, 1.807) is 42.6 Å². The van der Waals surface area contributed by atoms with E-state index in [9.17, 15) is 14.9 Å². The Labute approximate surface area is 126 Å². The standard InChI is InChI=1S/C15H13N3O4/c1-22-15(19)12-4-2-11(3-5-12)10-16-17-13-6-8-14(9-7-13)18(20)21/h2-10,17H,1H3/b16-10+. The molecule has 22 heavy (non-hydrogen) atoms. The third kappa shape index (κ3) is 3.89. The number of benzene rings is 2. The monoisotopic (exact) mass is 299 g/mol. The first-order valence-electron chi connectivity index (χ1n) is 6.32. The van der Waals surface area contributed by atoms with Gasteiger partial charge < -0.3 is 4.74 Å². The molecule has 0 saturated heterocycles. The number of hydrazone groups is 1. The van der Waals surface area contributed by atoms with Crippen molar-refractivity contribution in [3.05, 3.63) is 69.8 Å². The lowest BCUT2D eigenvalue weighted by atomic mass is 10.1. The molecule has 2 aromatic carbocycles. The molecule has 2 rings (SSSR count). The molecule has 112 valence electrons. The Morgan fingerprint density at radius 2 is 1.82 bits per heavy atom. The van der Waals surface area contributed by atoms with Gasteiger partial charge >= 0.3 is 5.97 Å². The van der Waals surface area contributed by atoms with Crippen LogP contribution >= 0.6 is 0 Å². The lowest BCUT2D eigenvalue weighted by Gasteiger charge is -2.00. The molecule has 0 aliphatic heterocycles. The van der Waals surface area contributed by atoms with E-state index >= 15 is 0 Å². The van der Waals surface area contributed by atoms with E-state index in [4.69, 9.17) is 0 Å². The van der Waals surface area contributed by atoms with Crippen LogP contribution in [0.15, 0.2) is 53.6 Å². The van der Waals surface area contributed by atoms with Gasteiger partial charge in [0.15, 0.2) is 0 Å². The average Bonchev–Trinajstić information content (AvgIpc) is 2.55. The van der Waals surface area contributed by atoms with Gasteiger partial charge in [0.1, 0.15) is 0 Å². The summed E-state index contributed by atoms with van der Waals surface area (Å²) in [6.07, 6.45) is 1.57. The highest BCUT2D eigenvalue weighted by molar-refractivity contribution is 5.90. The van der Waals surface area contributed by atoms with Gasteiger partial charge in [-0.15, -0.1) is 0 Å². The van der Waals surface area contributed by atoms with E-state index in [1.165, 1.54) is 19.2 Å². The molecule has 0 atom stereocenters. The zero-order chi connectivity index (χ0) is 15.9. The van der Waals surface area contributed by atoms with E-state index in [-0.39, 0.29) is 5.69 Å². The maximum absolute atomic E-state index is 11.3. The lowest BCUT2D eigenvalue weighted by molar-refractivity contribution is -0.384. The largest absolute Gasteiger partial charge is 0.465 e. The molecule has 0 bridgehead atoms. The Kier molecular flexibility index (Phi) is 4.81. The molecule has 0 radical (unpaired) electrons. The van der Waals surface area contributed by atoms with Gasteiger partial charge in [-0.3, -0.25) is 15.5 Å². The number of methoxy groups -OCH3 is 1. The van der Waals surface area contributed by atoms with E-state index in [1.807, 2.05) is 0 Å². The van der Waals surface area contributed by atoms with Crippen molar-refractivity contribution in [2.75, 3.05) is 12.5 Å². The third-order valence-corrected chi connectivity index (χ3v) is 2.82. The Balaban J connectivity index is 1.97. The fraction of sp³-hybridized carbons (Fsp3) is 0.0667. The van der Waals surface area contributed by atoms with Crippen LogP contribution in [0.1, 0.15) is 15.9 Å². The second-order valence-corrected chi connectivity index (χ2v) is 4.29. The second-order valence-electron chi connectivity index (χ2n) is 4.29. The Bertz CT molecular complexity index is 694. The van der Waals surface area contributed by atoms with E-state index < -0.39 is 10.9 Å². The number of nitro benzene ring substituents is 1. The number of anilines is 1. The van der Waals surface area contributed by atoms with Crippen LogP contribution in [-0.2, 0) is 4.74 Å². The number of nitrogens with one attached hydrogen (secondary N) is 1. The van der Waals surface area contributed by atoms with Gasteiger partial charge in [0.05, 0.1) is 29.5 Å². The van der Waals surface area contributed by atoms with Crippen LogP contribution in [-0.4, -0.2) is 24.2 Å². The summed E-state index contributed by atoms with van der Waals surface area (Å²) in [4.78, 5) is 21.4. The van der Waals surface area contributed by atoms with Crippen LogP contribution in [0.2, 0.25) is 0 Å². The number of ether oxygens (including phenoxy) is 1. The molecule has 2 aromatic rings. The number of rotatable bonds is 5. The summed E-state index contributed by atoms with van der Waals surface area (Å²) in [7, 11) is 1.33. The minimum absolute atomic E-state index is 0.0212. The minimum atomic E-state index is -0.462. The van der Waals surface area contributed by atoms with Gasteiger partial charge in [-0.05, 0) is 29.8 Å². The van der Waals surface area contributed by atoms with E-state index in [2.05, 4.69) is 15.3 Å². The normalized spacial score (nSPS) is 10.4. The SMILES string of the molecule is COC(=O)c1ccc(/C=N/Nc2ccc([N+](=O)[O-])cc2)cc1. The van der Waals surface area contributed by atoms with Crippen molar-refractivity contribution in [3.8, 4) is 0 Å². The van der Waals surface area contributed by atoms with Crippen molar-refractivity contribution in [1.82, 2.24) is 0 Å². The summed E-state index contributed by atoms with van der Waals surface area (Å²) in [5.41, 5.74) is 4.67. The minimum Gasteiger partial charge on any atom is -0.465 e. The quantitative estimate of drug-likeness (QED) is 0.396. The molecule has 1 N–H and O–H groups in total. The van der Waals surface area contributed by atoms with Crippen molar-refractivity contribution in [1.29, 1.82) is 0 Å².